The number of aliphatic imine (C=N–C) groups is 1. The first-order chi connectivity index (χ1) is 4.61. The van der Waals surface area contributed by atoms with Crippen LogP contribution < -0.4 is 0 Å². The fourth-order valence-electron chi connectivity index (χ4n) is 0.702. The van der Waals surface area contributed by atoms with Gasteiger partial charge in [-0.1, -0.05) is 6.58 Å². The topological polar surface area (TPSA) is 28.0 Å². The highest BCUT2D eigenvalue weighted by molar-refractivity contribution is 6.41. The predicted octanol–water partition coefficient (Wildman–Crippen LogP) is 1.24. The van der Waals surface area contributed by atoms with E-state index in [0.29, 0.717) is 5.82 Å². The molecule has 10 heavy (non-hydrogen) atoms. The molecular formula is C7H11N3. The molecule has 0 fully saturated rings. The van der Waals surface area contributed by atoms with Crippen LogP contribution in [-0.2, 0) is 0 Å². The summed E-state index contributed by atoms with van der Waals surface area (Å²) in [4.78, 5) is 4.16. The molecule has 0 unspecified atom stereocenters. The van der Waals surface area contributed by atoms with Crippen LogP contribution in [-0.4, -0.2) is 23.5 Å². The quantitative estimate of drug-likeness (QED) is 0.493. The van der Waals surface area contributed by atoms with E-state index in [9.17, 15) is 0 Å². The lowest BCUT2D eigenvalue weighted by molar-refractivity contribution is 0.440. The Morgan fingerprint density at radius 1 is 1.30 bits per heavy atom. The normalized spacial score (nSPS) is 18.7. The van der Waals surface area contributed by atoms with Crippen molar-refractivity contribution < 1.29 is 0 Å². The van der Waals surface area contributed by atoms with Crippen LogP contribution in [0.1, 0.15) is 13.8 Å². The molecule has 3 nitrogen and oxygen atoms in total. The Bertz CT molecular complexity index is 225. The summed E-state index contributed by atoms with van der Waals surface area (Å²) in [7, 11) is 1.84. The molecule has 1 rings (SSSR count). The summed E-state index contributed by atoms with van der Waals surface area (Å²) in [6, 6.07) is 0. The zero-order valence-corrected chi connectivity index (χ0v) is 6.55. The van der Waals surface area contributed by atoms with Crippen molar-refractivity contribution in [1.82, 2.24) is 5.01 Å². The molecule has 1 heterocycles. The van der Waals surface area contributed by atoms with Gasteiger partial charge in [-0.2, -0.15) is 5.10 Å². The minimum absolute atomic E-state index is 0.697. The first-order valence-corrected chi connectivity index (χ1v) is 3.15. The van der Waals surface area contributed by atoms with Crippen LogP contribution in [0.4, 0.5) is 0 Å². The van der Waals surface area contributed by atoms with Crippen molar-refractivity contribution >= 4 is 11.4 Å². The van der Waals surface area contributed by atoms with Gasteiger partial charge in [0.05, 0.1) is 11.4 Å². The maximum Gasteiger partial charge on any atom is 0.141 e. The molecule has 0 aliphatic carbocycles. The van der Waals surface area contributed by atoms with Gasteiger partial charge in [-0.3, -0.25) is 5.01 Å². The number of nitrogens with zero attached hydrogens (tertiary/aromatic N) is 3. The molecule has 0 saturated heterocycles. The second kappa shape index (κ2) is 2.25. The summed E-state index contributed by atoms with van der Waals surface area (Å²) in [5.74, 6) is 0.697. The average Bonchev–Trinajstić information content (AvgIpc) is 1.84. The van der Waals surface area contributed by atoms with E-state index in [-0.39, 0.29) is 0 Å². The van der Waals surface area contributed by atoms with Crippen LogP contribution in [0.15, 0.2) is 22.5 Å². The smallest absolute Gasteiger partial charge is 0.141 e. The van der Waals surface area contributed by atoms with Crippen molar-refractivity contribution in [3.05, 3.63) is 12.4 Å². The van der Waals surface area contributed by atoms with E-state index in [0.717, 1.165) is 11.4 Å². The van der Waals surface area contributed by atoms with E-state index < -0.39 is 0 Å². The molecule has 0 saturated carbocycles. The van der Waals surface area contributed by atoms with E-state index in [1.807, 2.05) is 20.9 Å². The molecule has 54 valence electrons. The van der Waals surface area contributed by atoms with Gasteiger partial charge in [0.25, 0.3) is 0 Å². The minimum atomic E-state index is 0.697. The van der Waals surface area contributed by atoms with Gasteiger partial charge in [-0.15, -0.1) is 0 Å². The van der Waals surface area contributed by atoms with Crippen molar-refractivity contribution in [1.29, 1.82) is 0 Å². The van der Waals surface area contributed by atoms with E-state index in [4.69, 9.17) is 0 Å². The van der Waals surface area contributed by atoms with E-state index >= 15 is 0 Å². The van der Waals surface area contributed by atoms with Gasteiger partial charge in [0.1, 0.15) is 5.82 Å². The zero-order valence-electron chi connectivity index (χ0n) is 6.55. The van der Waals surface area contributed by atoms with Crippen LogP contribution in [0.3, 0.4) is 0 Å². The summed E-state index contributed by atoms with van der Waals surface area (Å²) >= 11 is 0. The largest absolute Gasteiger partial charge is 0.251 e. The Morgan fingerprint density at radius 2 is 1.90 bits per heavy atom. The summed E-state index contributed by atoms with van der Waals surface area (Å²) in [5.41, 5.74) is 1.90. The molecule has 0 aromatic carbocycles. The van der Waals surface area contributed by atoms with Gasteiger partial charge < -0.3 is 0 Å². The first-order valence-electron chi connectivity index (χ1n) is 3.15. The Labute approximate surface area is 60.8 Å². The lowest BCUT2D eigenvalue weighted by Crippen LogP contribution is -2.21. The molecule has 0 bridgehead atoms. The van der Waals surface area contributed by atoms with E-state index in [2.05, 4.69) is 16.7 Å². The van der Waals surface area contributed by atoms with Gasteiger partial charge >= 0.3 is 0 Å². The number of rotatable bonds is 0. The highest BCUT2D eigenvalue weighted by Gasteiger charge is 2.08. The van der Waals surface area contributed by atoms with Crippen molar-refractivity contribution in [2.45, 2.75) is 13.8 Å². The summed E-state index contributed by atoms with van der Waals surface area (Å²) < 4.78 is 0. The third-order valence-electron chi connectivity index (χ3n) is 1.49. The van der Waals surface area contributed by atoms with Crippen LogP contribution >= 0.6 is 0 Å². The lowest BCUT2D eigenvalue weighted by Gasteiger charge is -2.18. The Morgan fingerprint density at radius 3 is 2.40 bits per heavy atom. The van der Waals surface area contributed by atoms with Gasteiger partial charge in [-0.25, -0.2) is 4.99 Å². The third kappa shape index (κ3) is 1.07. The molecule has 0 aromatic rings. The van der Waals surface area contributed by atoms with Crippen molar-refractivity contribution in [2.24, 2.45) is 10.1 Å². The second-order valence-electron chi connectivity index (χ2n) is 2.32. The van der Waals surface area contributed by atoms with Gasteiger partial charge in [0.2, 0.25) is 0 Å². The zero-order chi connectivity index (χ0) is 7.72. The van der Waals surface area contributed by atoms with Gasteiger partial charge in [0.15, 0.2) is 0 Å². The number of hydrazone groups is 1. The fourth-order valence-corrected chi connectivity index (χ4v) is 0.702. The van der Waals surface area contributed by atoms with Crippen LogP contribution in [0.2, 0.25) is 0 Å². The third-order valence-corrected chi connectivity index (χ3v) is 1.49. The monoisotopic (exact) mass is 137 g/mol. The van der Waals surface area contributed by atoms with Crippen LogP contribution in [0.5, 0.6) is 0 Å². The lowest BCUT2D eigenvalue weighted by atomic mass is 10.3. The number of hydrogen-bond acceptors (Lipinski definition) is 3. The second-order valence-corrected chi connectivity index (χ2v) is 2.32. The molecule has 0 N–H and O–H groups in total. The van der Waals surface area contributed by atoms with Gasteiger partial charge in [-0.05, 0) is 13.8 Å². The van der Waals surface area contributed by atoms with Crippen molar-refractivity contribution in [3.8, 4) is 0 Å². The first kappa shape index (κ1) is 6.99. The van der Waals surface area contributed by atoms with E-state index in [1.165, 1.54) is 0 Å². The maximum atomic E-state index is 4.16. The molecule has 0 amide bonds. The van der Waals surface area contributed by atoms with Crippen molar-refractivity contribution in [3.63, 3.8) is 0 Å². The summed E-state index contributed by atoms with van der Waals surface area (Å²) in [6.45, 7) is 7.57. The SMILES string of the molecule is C=C1N=C(C)C(C)=NN1C. The van der Waals surface area contributed by atoms with Crippen LogP contribution in [0.25, 0.3) is 0 Å². The summed E-state index contributed by atoms with van der Waals surface area (Å²) in [5, 5.41) is 5.83. The van der Waals surface area contributed by atoms with Crippen LogP contribution in [0, 0.1) is 0 Å². The number of hydrogen-bond donors (Lipinski definition) is 0. The van der Waals surface area contributed by atoms with E-state index in [1.54, 1.807) is 5.01 Å². The molecule has 1 aliphatic heterocycles. The highest BCUT2D eigenvalue weighted by Crippen LogP contribution is 2.07. The minimum Gasteiger partial charge on any atom is -0.251 e. The molecule has 3 heteroatoms. The molecule has 0 atom stereocenters. The van der Waals surface area contributed by atoms with Crippen molar-refractivity contribution in [2.75, 3.05) is 7.05 Å². The highest BCUT2D eigenvalue weighted by atomic mass is 15.5. The Hall–Kier alpha value is -1.12. The molecule has 0 spiro atoms. The molecule has 1 aliphatic rings. The Balaban J connectivity index is 2.94. The Kier molecular flexibility index (Phi) is 1.57. The predicted molar refractivity (Wildman–Crippen MR) is 43.1 cm³/mol. The molecular weight excluding hydrogens is 126 g/mol. The summed E-state index contributed by atoms with van der Waals surface area (Å²) in [6.07, 6.45) is 0. The fraction of sp³-hybridized carbons (Fsp3) is 0.429. The van der Waals surface area contributed by atoms with Gasteiger partial charge in [0, 0.05) is 7.05 Å². The standard InChI is InChI=1S/C7H11N3/c1-5-6(2)9-10(4)7(3)8-5/h3H2,1-2,4H3. The molecule has 0 radical (unpaired) electrons. The maximum absolute atomic E-state index is 4.16. The average molecular weight is 137 g/mol. The molecule has 0 aromatic heterocycles.